The van der Waals surface area contributed by atoms with Crippen molar-refractivity contribution in [3.8, 4) is 5.75 Å². The second-order valence-corrected chi connectivity index (χ2v) is 5.57. The maximum absolute atomic E-state index is 13.6. The van der Waals surface area contributed by atoms with E-state index in [0.717, 1.165) is 19.3 Å². The number of hydrogen-bond donors (Lipinski definition) is 2. The molecule has 1 aliphatic carbocycles. The number of aromatic hydroxyl groups is 1. The van der Waals surface area contributed by atoms with Gasteiger partial charge in [-0.05, 0) is 43.2 Å². The van der Waals surface area contributed by atoms with Crippen LogP contribution in [0.2, 0.25) is 0 Å². The van der Waals surface area contributed by atoms with E-state index in [-0.39, 0.29) is 17.4 Å². The fourth-order valence-corrected chi connectivity index (χ4v) is 2.67. The van der Waals surface area contributed by atoms with Gasteiger partial charge in [0.1, 0.15) is 17.1 Å². The van der Waals surface area contributed by atoms with Gasteiger partial charge in [-0.2, -0.15) is 0 Å². The highest BCUT2D eigenvalue weighted by Crippen LogP contribution is 2.30. The summed E-state index contributed by atoms with van der Waals surface area (Å²) in [5.74, 6) is -0.310. The maximum Gasteiger partial charge on any atom is 0.258 e. The maximum atomic E-state index is 13.6. The molecule has 1 saturated carbocycles. The van der Waals surface area contributed by atoms with Gasteiger partial charge in [0.25, 0.3) is 5.91 Å². The van der Waals surface area contributed by atoms with Crippen LogP contribution in [-0.2, 0) is 0 Å². The second-order valence-electron chi connectivity index (χ2n) is 5.57. The number of carbonyl (C=O) groups excluding carboxylic acids is 1. The molecule has 104 valence electrons. The molecule has 4 heteroatoms. The van der Waals surface area contributed by atoms with Crippen LogP contribution in [0.3, 0.4) is 0 Å². The highest BCUT2D eigenvalue weighted by molar-refractivity contribution is 5.97. The van der Waals surface area contributed by atoms with Gasteiger partial charge in [0.2, 0.25) is 0 Å². The Morgan fingerprint density at radius 3 is 2.68 bits per heavy atom. The minimum Gasteiger partial charge on any atom is -0.507 e. The Labute approximate surface area is 112 Å². The number of benzene rings is 1. The lowest BCUT2D eigenvalue weighted by Crippen LogP contribution is -2.40. The smallest absolute Gasteiger partial charge is 0.258 e. The molecule has 0 bridgehead atoms. The summed E-state index contributed by atoms with van der Waals surface area (Å²) in [4.78, 5) is 12.0. The largest absolute Gasteiger partial charge is 0.507 e. The molecule has 1 aromatic rings. The fourth-order valence-electron chi connectivity index (χ4n) is 2.67. The molecule has 3 unspecified atom stereocenters. The first-order chi connectivity index (χ1) is 8.99. The van der Waals surface area contributed by atoms with Crippen molar-refractivity contribution < 1.29 is 14.3 Å². The third-order valence-electron chi connectivity index (χ3n) is 4.15. The molecule has 3 atom stereocenters. The summed E-state index contributed by atoms with van der Waals surface area (Å²) in [7, 11) is 0. The lowest BCUT2D eigenvalue weighted by molar-refractivity contribution is 0.0903. The highest BCUT2D eigenvalue weighted by Gasteiger charge is 2.27. The lowest BCUT2D eigenvalue weighted by Gasteiger charge is -2.32. The van der Waals surface area contributed by atoms with E-state index in [1.54, 1.807) is 0 Å². The highest BCUT2D eigenvalue weighted by atomic mass is 19.1. The number of carbonyl (C=O) groups is 1. The van der Waals surface area contributed by atoms with Gasteiger partial charge in [0.15, 0.2) is 0 Å². The average molecular weight is 265 g/mol. The summed E-state index contributed by atoms with van der Waals surface area (Å²) in [6.45, 7) is 4.38. The molecule has 0 radical (unpaired) electrons. The standard InChI is InChI=1S/C15H20FNO2/c1-9-6-7-11(8-10(9)2)17-15(19)14-12(16)4-3-5-13(14)18/h3-5,9-11,18H,6-8H2,1-2H3,(H,17,19). The van der Waals surface area contributed by atoms with Crippen molar-refractivity contribution in [3.63, 3.8) is 0 Å². The summed E-state index contributed by atoms with van der Waals surface area (Å²) < 4.78 is 13.6. The third kappa shape index (κ3) is 3.06. The zero-order valence-electron chi connectivity index (χ0n) is 11.3. The zero-order chi connectivity index (χ0) is 14.0. The number of hydrogen-bond acceptors (Lipinski definition) is 2. The van der Waals surface area contributed by atoms with Crippen LogP contribution >= 0.6 is 0 Å². The van der Waals surface area contributed by atoms with E-state index in [2.05, 4.69) is 19.2 Å². The van der Waals surface area contributed by atoms with E-state index in [0.29, 0.717) is 11.8 Å². The monoisotopic (exact) mass is 265 g/mol. The molecule has 2 N–H and O–H groups in total. The van der Waals surface area contributed by atoms with Crippen molar-refractivity contribution in [3.05, 3.63) is 29.6 Å². The number of halogens is 1. The van der Waals surface area contributed by atoms with Gasteiger partial charge in [-0.3, -0.25) is 4.79 Å². The van der Waals surface area contributed by atoms with Crippen LogP contribution in [-0.4, -0.2) is 17.1 Å². The molecule has 2 rings (SSSR count). The predicted octanol–water partition coefficient (Wildman–Crippen LogP) is 3.09. The normalized spacial score (nSPS) is 27.0. The van der Waals surface area contributed by atoms with Gasteiger partial charge in [-0.25, -0.2) is 4.39 Å². The number of rotatable bonds is 2. The average Bonchev–Trinajstić information content (AvgIpc) is 2.33. The number of phenolic OH excluding ortho intramolecular Hbond substituents is 1. The molecule has 1 aromatic carbocycles. The molecule has 1 fully saturated rings. The van der Waals surface area contributed by atoms with Gasteiger partial charge in [0.05, 0.1) is 0 Å². The van der Waals surface area contributed by atoms with Crippen LogP contribution in [0.4, 0.5) is 4.39 Å². The van der Waals surface area contributed by atoms with Crippen LogP contribution in [0.15, 0.2) is 18.2 Å². The summed E-state index contributed by atoms with van der Waals surface area (Å²) in [6.07, 6.45) is 2.88. The number of phenols is 1. The molecule has 1 amide bonds. The van der Waals surface area contributed by atoms with E-state index in [4.69, 9.17) is 0 Å². The molecule has 0 spiro atoms. The van der Waals surface area contributed by atoms with Crippen molar-refractivity contribution in [1.29, 1.82) is 0 Å². The predicted molar refractivity (Wildman–Crippen MR) is 71.5 cm³/mol. The van der Waals surface area contributed by atoms with Crippen LogP contribution < -0.4 is 5.32 Å². The molecule has 3 nitrogen and oxygen atoms in total. The molecular weight excluding hydrogens is 245 g/mol. The van der Waals surface area contributed by atoms with Gasteiger partial charge < -0.3 is 10.4 Å². The zero-order valence-corrected chi connectivity index (χ0v) is 11.3. The first-order valence-electron chi connectivity index (χ1n) is 6.77. The van der Waals surface area contributed by atoms with Crippen molar-refractivity contribution in [1.82, 2.24) is 5.32 Å². The van der Waals surface area contributed by atoms with Crippen molar-refractivity contribution in [2.75, 3.05) is 0 Å². The lowest BCUT2D eigenvalue weighted by atomic mass is 9.79. The Morgan fingerprint density at radius 2 is 2.05 bits per heavy atom. The summed E-state index contributed by atoms with van der Waals surface area (Å²) in [5.41, 5.74) is -0.256. The van der Waals surface area contributed by atoms with Gasteiger partial charge in [0, 0.05) is 6.04 Å². The fraction of sp³-hybridized carbons (Fsp3) is 0.533. The Hall–Kier alpha value is -1.58. The van der Waals surface area contributed by atoms with Crippen LogP contribution in [0.1, 0.15) is 43.5 Å². The second kappa shape index (κ2) is 5.59. The first kappa shape index (κ1) is 13.8. The van der Waals surface area contributed by atoms with Crippen molar-refractivity contribution >= 4 is 5.91 Å². The Balaban J connectivity index is 2.06. The van der Waals surface area contributed by atoms with Gasteiger partial charge >= 0.3 is 0 Å². The van der Waals surface area contributed by atoms with E-state index in [9.17, 15) is 14.3 Å². The quantitative estimate of drug-likeness (QED) is 0.863. The molecular formula is C15H20FNO2. The number of nitrogens with one attached hydrogen (secondary N) is 1. The number of amides is 1. The first-order valence-corrected chi connectivity index (χ1v) is 6.77. The van der Waals surface area contributed by atoms with E-state index in [1.807, 2.05) is 0 Å². The van der Waals surface area contributed by atoms with Crippen molar-refractivity contribution in [2.24, 2.45) is 11.8 Å². The summed E-state index contributed by atoms with van der Waals surface area (Å²) >= 11 is 0. The third-order valence-corrected chi connectivity index (χ3v) is 4.15. The Morgan fingerprint density at radius 1 is 1.32 bits per heavy atom. The van der Waals surface area contributed by atoms with E-state index in [1.165, 1.54) is 18.2 Å². The molecule has 19 heavy (non-hydrogen) atoms. The van der Waals surface area contributed by atoms with Crippen LogP contribution in [0.5, 0.6) is 5.75 Å². The van der Waals surface area contributed by atoms with Gasteiger partial charge in [-0.15, -0.1) is 0 Å². The molecule has 0 heterocycles. The van der Waals surface area contributed by atoms with Crippen LogP contribution in [0.25, 0.3) is 0 Å². The summed E-state index contributed by atoms with van der Waals surface area (Å²) in [6, 6.07) is 3.95. The molecule has 0 aromatic heterocycles. The van der Waals surface area contributed by atoms with E-state index < -0.39 is 11.7 Å². The topological polar surface area (TPSA) is 49.3 Å². The minimum atomic E-state index is -0.685. The van der Waals surface area contributed by atoms with Gasteiger partial charge in [-0.1, -0.05) is 19.9 Å². The molecule has 0 saturated heterocycles. The Bertz CT molecular complexity index is 455. The SMILES string of the molecule is CC1CCC(NC(=O)c2c(O)cccc2F)CC1C. The molecule has 0 aliphatic heterocycles. The van der Waals surface area contributed by atoms with Crippen molar-refractivity contribution in [2.45, 2.75) is 39.2 Å². The molecule has 1 aliphatic rings. The Kier molecular flexibility index (Phi) is 4.08. The van der Waals surface area contributed by atoms with E-state index >= 15 is 0 Å². The van der Waals surface area contributed by atoms with Crippen LogP contribution in [0, 0.1) is 17.7 Å². The summed E-state index contributed by atoms with van der Waals surface area (Å²) in [5, 5.41) is 12.4. The minimum absolute atomic E-state index is 0.0673.